The summed E-state index contributed by atoms with van der Waals surface area (Å²) in [5.74, 6) is 1.77. The van der Waals surface area contributed by atoms with Gasteiger partial charge >= 0.3 is 0 Å². The predicted molar refractivity (Wildman–Crippen MR) is 58.0 cm³/mol. The Hall–Kier alpha value is -2.64. The molecule has 0 atom stereocenters. The summed E-state index contributed by atoms with van der Waals surface area (Å²) in [6.45, 7) is 0.261. The maximum atomic E-state index is 5.25. The first kappa shape index (κ1) is 9.58. The van der Waals surface area contributed by atoms with Crippen LogP contribution >= 0.6 is 0 Å². The second kappa shape index (κ2) is 4.08. The summed E-state index contributed by atoms with van der Waals surface area (Å²) in [6, 6.07) is 5.54. The predicted octanol–water partition coefficient (Wildman–Crippen LogP) is 0.374. The van der Waals surface area contributed by atoms with E-state index in [2.05, 4.69) is 31.2 Å². The first-order valence-corrected chi connectivity index (χ1v) is 4.84. The van der Waals surface area contributed by atoms with Crippen molar-refractivity contribution in [1.82, 2.24) is 20.6 Å². The van der Waals surface area contributed by atoms with Gasteiger partial charge in [0.1, 0.15) is 0 Å². The maximum absolute atomic E-state index is 5.25. The molecule has 0 unspecified atom stereocenters. The van der Waals surface area contributed by atoms with E-state index in [1.165, 1.54) is 0 Å². The fourth-order valence-corrected chi connectivity index (χ4v) is 1.37. The molecule has 0 aliphatic carbocycles. The number of aromatic nitrogens is 4. The number of tetrazole rings is 1. The van der Waals surface area contributed by atoms with Gasteiger partial charge in [0.25, 0.3) is 5.95 Å². The van der Waals surface area contributed by atoms with E-state index < -0.39 is 0 Å². The molecule has 0 amide bonds. The van der Waals surface area contributed by atoms with Crippen molar-refractivity contribution in [2.75, 3.05) is 12.2 Å². The minimum absolute atomic E-state index is 0.261. The molecule has 0 radical (unpaired) electrons. The van der Waals surface area contributed by atoms with Crippen LogP contribution in [0.1, 0.15) is 5.56 Å². The lowest BCUT2D eigenvalue weighted by molar-refractivity contribution is 0.174. The second-order valence-corrected chi connectivity index (χ2v) is 3.22. The number of anilines is 1. The molecule has 0 fully saturated rings. The standard InChI is InChI=1S/C9H8N6O2/c1-2-7-8(17-5-16-7)3-6(1)4-10-11-9-12-14-15-13-9/h1-4H,5H2,(H2,11,12,13,14,15). The molecule has 8 nitrogen and oxygen atoms in total. The molecule has 2 heterocycles. The van der Waals surface area contributed by atoms with Crippen LogP contribution in [0.2, 0.25) is 0 Å². The normalized spacial score (nSPS) is 13.2. The minimum atomic E-state index is 0.261. The molecule has 0 spiro atoms. The topological polar surface area (TPSA) is 97.3 Å². The second-order valence-electron chi connectivity index (χ2n) is 3.22. The fraction of sp³-hybridized carbons (Fsp3) is 0.111. The average molecular weight is 232 g/mol. The summed E-state index contributed by atoms with van der Waals surface area (Å²) in [7, 11) is 0. The van der Waals surface area contributed by atoms with Crippen molar-refractivity contribution >= 4 is 12.2 Å². The van der Waals surface area contributed by atoms with Crippen molar-refractivity contribution < 1.29 is 9.47 Å². The summed E-state index contributed by atoms with van der Waals surface area (Å²) in [5, 5.41) is 17.0. The molecule has 1 aliphatic heterocycles. The highest BCUT2D eigenvalue weighted by molar-refractivity contribution is 5.81. The molecule has 2 N–H and O–H groups in total. The third-order valence-electron chi connectivity index (χ3n) is 2.12. The molecule has 3 rings (SSSR count). The van der Waals surface area contributed by atoms with Crippen LogP contribution in [0.5, 0.6) is 11.5 Å². The minimum Gasteiger partial charge on any atom is -0.454 e. The van der Waals surface area contributed by atoms with Crippen LogP contribution in [0.15, 0.2) is 23.3 Å². The van der Waals surface area contributed by atoms with Crippen LogP contribution in [-0.2, 0) is 0 Å². The summed E-state index contributed by atoms with van der Waals surface area (Å²) in [5.41, 5.74) is 3.50. The van der Waals surface area contributed by atoms with Crippen LogP contribution in [0.4, 0.5) is 5.95 Å². The van der Waals surface area contributed by atoms with Crippen LogP contribution in [0, 0.1) is 0 Å². The molecule has 86 valence electrons. The van der Waals surface area contributed by atoms with Crippen molar-refractivity contribution in [3.63, 3.8) is 0 Å². The number of aromatic amines is 1. The highest BCUT2D eigenvalue weighted by Crippen LogP contribution is 2.31. The van der Waals surface area contributed by atoms with Crippen LogP contribution in [-0.4, -0.2) is 33.6 Å². The molecular formula is C9H8N6O2. The summed E-state index contributed by atoms with van der Waals surface area (Å²) in [4.78, 5) is 0. The van der Waals surface area contributed by atoms with E-state index in [0.29, 0.717) is 11.7 Å². The first-order chi connectivity index (χ1) is 8.42. The number of fused-ring (bicyclic) bond motifs is 1. The molecular weight excluding hydrogens is 224 g/mol. The molecule has 8 heteroatoms. The number of nitrogens with zero attached hydrogens (tertiary/aromatic N) is 4. The van der Waals surface area contributed by atoms with Crippen LogP contribution in [0.25, 0.3) is 0 Å². The summed E-state index contributed by atoms with van der Waals surface area (Å²) in [6.07, 6.45) is 1.62. The Morgan fingerprint density at radius 3 is 3.18 bits per heavy atom. The van der Waals surface area contributed by atoms with Crippen LogP contribution < -0.4 is 14.9 Å². The Bertz CT molecular complexity index is 538. The number of nitrogens with one attached hydrogen (secondary N) is 2. The van der Waals surface area contributed by atoms with E-state index in [0.717, 1.165) is 11.3 Å². The van der Waals surface area contributed by atoms with E-state index in [9.17, 15) is 0 Å². The van der Waals surface area contributed by atoms with Gasteiger partial charge in [0, 0.05) is 0 Å². The Labute approximate surface area is 95.6 Å². The quantitative estimate of drug-likeness (QED) is 0.586. The number of H-pyrrole nitrogens is 1. The molecule has 2 aromatic rings. The zero-order chi connectivity index (χ0) is 11.5. The Morgan fingerprint density at radius 2 is 2.29 bits per heavy atom. The highest BCUT2D eigenvalue weighted by atomic mass is 16.7. The first-order valence-electron chi connectivity index (χ1n) is 4.84. The fourth-order valence-electron chi connectivity index (χ4n) is 1.37. The zero-order valence-corrected chi connectivity index (χ0v) is 8.62. The van der Waals surface area contributed by atoms with E-state index >= 15 is 0 Å². The van der Waals surface area contributed by atoms with Gasteiger partial charge in [-0.3, -0.25) is 0 Å². The van der Waals surface area contributed by atoms with Crippen molar-refractivity contribution in [1.29, 1.82) is 0 Å². The molecule has 17 heavy (non-hydrogen) atoms. The summed E-state index contributed by atoms with van der Waals surface area (Å²) < 4.78 is 10.4. The van der Waals surface area contributed by atoms with Gasteiger partial charge in [-0.15, -0.1) is 5.10 Å². The monoisotopic (exact) mass is 232 g/mol. The van der Waals surface area contributed by atoms with Gasteiger partial charge in [0.2, 0.25) is 6.79 Å². The molecule has 0 saturated carbocycles. The lowest BCUT2D eigenvalue weighted by atomic mass is 10.2. The number of hydrogen-bond donors (Lipinski definition) is 2. The number of rotatable bonds is 3. The number of hydrazone groups is 1. The van der Waals surface area contributed by atoms with E-state index in [1.807, 2.05) is 18.2 Å². The van der Waals surface area contributed by atoms with E-state index in [1.54, 1.807) is 6.21 Å². The SMILES string of the molecule is C(=NNc1nn[nH]n1)c1ccc2c(c1)OCO2. The smallest absolute Gasteiger partial charge is 0.283 e. The molecule has 1 aliphatic rings. The van der Waals surface area contributed by atoms with Gasteiger partial charge in [0.15, 0.2) is 11.5 Å². The van der Waals surface area contributed by atoms with Gasteiger partial charge in [-0.05, 0) is 29.0 Å². The van der Waals surface area contributed by atoms with E-state index in [-0.39, 0.29) is 6.79 Å². The van der Waals surface area contributed by atoms with Crippen LogP contribution in [0.3, 0.4) is 0 Å². The Kier molecular flexibility index (Phi) is 2.30. The third-order valence-corrected chi connectivity index (χ3v) is 2.12. The van der Waals surface area contributed by atoms with Gasteiger partial charge < -0.3 is 9.47 Å². The number of benzene rings is 1. The Balaban J connectivity index is 1.70. The van der Waals surface area contributed by atoms with Crippen molar-refractivity contribution in [2.24, 2.45) is 5.10 Å². The molecule has 1 aromatic heterocycles. The van der Waals surface area contributed by atoms with Crippen molar-refractivity contribution in [3.05, 3.63) is 23.8 Å². The van der Waals surface area contributed by atoms with Gasteiger partial charge in [0.05, 0.1) is 6.21 Å². The van der Waals surface area contributed by atoms with Crippen molar-refractivity contribution in [3.8, 4) is 11.5 Å². The lowest BCUT2D eigenvalue weighted by Crippen LogP contribution is -1.93. The molecule has 0 bridgehead atoms. The third kappa shape index (κ3) is 2.00. The lowest BCUT2D eigenvalue weighted by Gasteiger charge is -1.97. The van der Waals surface area contributed by atoms with E-state index in [4.69, 9.17) is 9.47 Å². The van der Waals surface area contributed by atoms with Gasteiger partial charge in [-0.1, -0.05) is 5.10 Å². The number of ether oxygens (including phenoxy) is 2. The highest BCUT2D eigenvalue weighted by Gasteiger charge is 2.12. The summed E-state index contributed by atoms with van der Waals surface area (Å²) >= 11 is 0. The molecule has 1 aromatic carbocycles. The maximum Gasteiger partial charge on any atom is 0.283 e. The Morgan fingerprint density at radius 1 is 1.35 bits per heavy atom. The largest absolute Gasteiger partial charge is 0.454 e. The molecule has 0 saturated heterocycles. The zero-order valence-electron chi connectivity index (χ0n) is 8.62. The van der Waals surface area contributed by atoms with Gasteiger partial charge in [-0.2, -0.15) is 10.3 Å². The average Bonchev–Trinajstić information content (AvgIpc) is 2.98. The number of hydrogen-bond acceptors (Lipinski definition) is 7. The van der Waals surface area contributed by atoms with Crippen molar-refractivity contribution in [2.45, 2.75) is 0 Å². The van der Waals surface area contributed by atoms with Gasteiger partial charge in [-0.25, -0.2) is 5.43 Å².